The van der Waals surface area contributed by atoms with Crippen molar-refractivity contribution in [3.63, 3.8) is 0 Å². The minimum absolute atomic E-state index is 0.0830. The molecule has 1 unspecified atom stereocenters. The second-order valence-corrected chi connectivity index (χ2v) is 7.12. The average Bonchev–Trinajstić information content (AvgIpc) is 3.52. The standard InChI is InChI=1S/C22H27N3O3/c1-2-18(26)14-25(17-8-4-3-5-9-17)15-21(27)24-20-11-7-6-10-19(20)22(28)23-16-12-13-16/h3-11,16,18,26H,2,12-15H2,1H3,(H,23,28)(H,24,27). The number of hydrogen-bond acceptors (Lipinski definition) is 4. The lowest BCUT2D eigenvalue weighted by Gasteiger charge is -2.26. The van der Waals surface area contributed by atoms with Crippen molar-refractivity contribution in [1.29, 1.82) is 0 Å². The minimum Gasteiger partial charge on any atom is -0.391 e. The lowest BCUT2D eigenvalue weighted by Crippen LogP contribution is -2.38. The zero-order chi connectivity index (χ0) is 19.9. The van der Waals surface area contributed by atoms with Crippen molar-refractivity contribution in [2.75, 3.05) is 23.3 Å². The molecule has 0 heterocycles. The van der Waals surface area contributed by atoms with Gasteiger partial charge in [-0.25, -0.2) is 0 Å². The van der Waals surface area contributed by atoms with Gasteiger partial charge in [0.2, 0.25) is 5.91 Å². The summed E-state index contributed by atoms with van der Waals surface area (Å²) in [5.74, 6) is -0.404. The Morgan fingerprint density at radius 1 is 1.11 bits per heavy atom. The molecule has 2 amide bonds. The van der Waals surface area contributed by atoms with Crippen molar-refractivity contribution >= 4 is 23.2 Å². The molecule has 0 spiro atoms. The fraction of sp³-hybridized carbons (Fsp3) is 0.364. The Hall–Kier alpha value is -2.86. The topological polar surface area (TPSA) is 81.7 Å². The van der Waals surface area contributed by atoms with E-state index in [0.717, 1.165) is 18.5 Å². The van der Waals surface area contributed by atoms with Crippen LogP contribution >= 0.6 is 0 Å². The van der Waals surface area contributed by atoms with Gasteiger partial charge < -0.3 is 20.6 Å². The van der Waals surface area contributed by atoms with Gasteiger partial charge in [-0.3, -0.25) is 9.59 Å². The van der Waals surface area contributed by atoms with Crippen molar-refractivity contribution in [2.24, 2.45) is 0 Å². The number of benzene rings is 2. The van der Waals surface area contributed by atoms with E-state index >= 15 is 0 Å². The average molecular weight is 381 g/mol. The summed E-state index contributed by atoms with van der Waals surface area (Å²) in [6.45, 7) is 2.35. The van der Waals surface area contributed by atoms with E-state index in [4.69, 9.17) is 0 Å². The lowest BCUT2D eigenvalue weighted by atomic mass is 10.1. The number of nitrogens with one attached hydrogen (secondary N) is 2. The van der Waals surface area contributed by atoms with Crippen LogP contribution in [0.2, 0.25) is 0 Å². The molecule has 1 aliphatic carbocycles. The van der Waals surface area contributed by atoms with Gasteiger partial charge in [-0.15, -0.1) is 0 Å². The molecule has 28 heavy (non-hydrogen) atoms. The van der Waals surface area contributed by atoms with Crippen LogP contribution in [-0.4, -0.2) is 42.2 Å². The van der Waals surface area contributed by atoms with Gasteiger partial charge in [0.15, 0.2) is 0 Å². The van der Waals surface area contributed by atoms with E-state index in [1.165, 1.54) is 0 Å². The Bertz CT molecular complexity index is 806. The van der Waals surface area contributed by atoms with Gasteiger partial charge in [-0.1, -0.05) is 37.3 Å². The Morgan fingerprint density at radius 3 is 2.46 bits per heavy atom. The van der Waals surface area contributed by atoms with Crippen LogP contribution in [0, 0.1) is 0 Å². The van der Waals surface area contributed by atoms with Crippen LogP contribution in [0.4, 0.5) is 11.4 Å². The highest BCUT2D eigenvalue weighted by molar-refractivity contribution is 6.04. The SMILES string of the molecule is CCC(O)CN(CC(=O)Nc1ccccc1C(=O)NC1CC1)c1ccccc1. The van der Waals surface area contributed by atoms with Gasteiger partial charge in [0.25, 0.3) is 5.91 Å². The van der Waals surface area contributed by atoms with Gasteiger partial charge in [0, 0.05) is 18.3 Å². The van der Waals surface area contributed by atoms with Gasteiger partial charge >= 0.3 is 0 Å². The van der Waals surface area contributed by atoms with Gasteiger partial charge in [0.1, 0.15) is 0 Å². The van der Waals surface area contributed by atoms with Crippen molar-refractivity contribution < 1.29 is 14.7 Å². The number of nitrogens with zero attached hydrogens (tertiary/aromatic N) is 1. The van der Waals surface area contributed by atoms with Crippen LogP contribution in [0.3, 0.4) is 0 Å². The molecule has 0 bridgehead atoms. The molecule has 1 atom stereocenters. The van der Waals surface area contributed by atoms with Gasteiger partial charge in [0.05, 0.1) is 23.9 Å². The first-order valence-electron chi connectivity index (χ1n) is 9.74. The number of amides is 2. The summed E-state index contributed by atoms with van der Waals surface area (Å²) in [7, 11) is 0. The third-order valence-corrected chi connectivity index (χ3v) is 4.72. The first-order chi connectivity index (χ1) is 13.6. The van der Waals surface area contributed by atoms with E-state index in [2.05, 4.69) is 10.6 Å². The maximum absolute atomic E-state index is 12.7. The minimum atomic E-state index is -0.524. The highest BCUT2D eigenvalue weighted by Gasteiger charge is 2.25. The molecule has 0 aromatic heterocycles. The zero-order valence-corrected chi connectivity index (χ0v) is 16.1. The largest absolute Gasteiger partial charge is 0.391 e. The summed E-state index contributed by atoms with van der Waals surface area (Å²) < 4.78 is 0. The first kappa shape index (κ1) is 19.9. The van der Waals surface area contributed by atoms with Crippen LogP contribution in [0.1, 0.15) is 36.5 Å². The fourth-order valence-corrected chi connectivity index (χ4v) is 2.93. The Labute approximate surface area is 165 Å². The number of hydrogen-bond donors (Lipinski definition) is 3. The van der Waals surface area contributed by atoms with Gasteiger partial charge in [-0.2, -0.15) is 0 Å². The summed E-state index contributed by atoms with van der Waals surface area (Å²) in [5, 5.41) is 15.9. The van der Waals surface area contributed by atoms with Crippen LogP contribution in [0.5, 0.6) is 0 Å². The number of aliphatic hydroxyl groups excluding tert-OH is 1. The van der Waals surface area contributed by atoms with Gasteiger partial charge in [-0.05, 0) is 43.5 Å². The predicted octanol–water partition coefficient (Wildman–Crippen LogP) is 2.79. The maximum atomic E-state index is 12.7. The summed E-state index contributed by atoms with van der Waals surface area (Å²) in [6, 6.07) is 16.8. The number of aliphatic hydroxyl groups is 1. The van der Waals surface area contributed by atoms with Crippen LogP contribution in [-0.2, 0) is 4.79 Å². The van der Waals surface area contributed by atoms with E-state index in [1.54, 1.807) is 24.3 Å². The van der Waals surface area contributed by atoms with E-state index in [0.29, 0.717) is 24.2 Å². The number of anilines is 2. The lowest BCUT2D eigenvalue weighted by molar-refractivity contribution is -0.115. The maximum Gasteiger partial charge on any atom is 0.253 e. The second kappa shape index (κ2) is 9.37. The van der Waals surface area contributed by atoms with Crippen LogP contribution in [0.25, 0.3) is 0 Å². The molecule has 3 rings (SSSR count). The molecule has 1 fully saturated rings. The first-order valence-corrected chi connectivity index (χ1v) is 9.74. The molecular formula is C22H27N3O3. The van der Waals surface area contributed by atoms with Crippen LogP contribution < -0.4 is 15.5 Å². The summed E-state index contributed by atoms with van der Waals surface area (Å²) in [4.78, 5) is 27.0. The van der Waals surface area contributed by atoms with Crippen molar-refractivity contribution in [2.45, 2.75) is 38.3 Å². The molecular weight excluding hydrogens is 354 g/mol. The summed E-state index contributed by atoms with van der Waals surface area (Å²) in [6.07, 6.45) is 2.09. The van der Waals surface area contributed by atoms with Crippen molar-refractivity contribution in [3.05, 3.63) is 60.2 Å². The summed E-state index contributed by atoms with van der Waals surface area (Å²) >= 11 is 0. The molecule has 148 valence electrons. The van der Waals surface area contributed by atoms with E-state index in [9.17, 15) is 14.7 Å². The zero-order valence-electron chi connectivity index (χ0n) is 16.1. The van der Waals surface area contributed by atoms with Crippen LogP contribution in [0.15, 0.2) is 54.6 Å². The van der Waals surface area contributed by atoms with E-state index in [-0.39, 0.29) is 24.4 Å². The second-order valence-electron chi connectivity index (χ2n) is 7.12. The predicted molar refractivity (Wildman–Crippen MR) is 111 cm³/mol. The summed E-state index contributed by atoms with van der Waals surface area (Å²) in [5.41, 5.74) is 1.82. The molecule has 2 aromatic carbocycles. The number of carbonyl (C=O) groups excluding carboxylic acids is 2. The molecule has 1 aliphatic rings. The fourth-order valence-electron chi connectivity index (χ4n) is 2.93. The van der Waals surface area contributed by atoms with E-state index in [1.807, 2.05) is 42.2 Å². The Kier molecular flexibility index (Phi) is 6.66. The third-order valence-electron chi connectivity index (χ3n) is 4.72. The smallest absolute Gasteiger partial charge is 0.253 e. The Morgan fingerprint density at radius 2 is 1.79 bits per heavy atom. The highest BCUT2D eigenvalue weighted by atomic mass is 16.3. The molecule has 0 saturated heterocycles. The molecule has 3 N–H and O–H groups in total. The molecule has 6 heteroatoms. The highest BCUT2D eigenvalue weighted by Crippen LogP contribution is 2.22. The van der Waals surface area contributed by atoms with Crippen molar-refractivity contribution in [3.8, 4) is 0 Å². The van der Waals surface area contributed by atoms with Crippen molar-refractivity contribution in [1.82, 2.24) is 5.32 Å². The molecule has 6 nitrogen and oxygen atoms in total. The third kappa shape index (κ3) is 5.57. The normalized spacial score (nSPS) is 14.2. The molecule has 0 radical (unpaired) electrons. The quantitative estimate of drug-likeness (QED) is 0.624. The Balaban J connectivity index is 1.70. The monoisotopic (exact) mass is 381 g/mol. The number of rotatable bonds is 9. The molecule has 2 aromatic rings. The molecule has 1 saturated carbocycles. The van der Waals surface area contributed by atoms with E-state index < -0.39 is 6.10 Å². The number of carbonyl (C=O) groups is 2. The molecule has 0 aliphatic heterocycles. The number of para-hydroxylation sites is 2.